The lowest BCUT2D eigenvalue weighted by Crippen LogP contribution is -2.61. The van der Waals surface area contributed by atoms with Crippen molar-refractivity contribution in [3.8, 4) is 5.75 Å². The van der Waals surface area contributed by atoms with Crippen molar-refractivity contribution in [3.63, 3.8) is 0 Å². The maximum Gasteiger partial charge on any atom is 0.123 e. The standard InChI is InChI=1S/C17H27NO2/c1-6-20-16-11-15(17(16,3)4)18-12(2)13-9-7-8-10-14(13)19-5/h7-10,12,15-16,18H,6,11H2,1-5H3/t12-,15?,16?/m1/s1. The lowest BCUT2D eigenvalue weighted by Gasteiger charge is -2.52. The van der Waals surface area contributed by atoms with Gasteiger partial charge in [-0.25, -0.2) is 0 Å². The van der Waals surface area contributed by atoms with Gasteiger partial charge >= 0.3 is 0 Å². The molecule has 1 N–H and O–H groups in total. The summed E-state index contributed by atoms with van der Waals surface area (Å²) < 4.78 is 11.2. The van der Waals surface area contributed by atoms with E-state index in [-0.39, 0.29) is 11.5 Å². The fourth-order valence-corrected chi connectivity index (χ4v) is 3.07. The molecular weight excluding hydrogens is 250 g/mol. The number of nitrogens with one attached hydrogen (secondary N) is 1. The van der Waals surface area contributed by atoms with Crippen LogP contribution in [0.3, 0.4) is 0 Å². The Kier molecular flexibility index (Phi) is 4.71. The number of rotatable bonds is 6. The molecule has 0 amide bonds. The lowest BCUT2D eigenvalue weighted by atomic mass is 9.64. The third-order valence-electron chi connectivity index (χ3n) is 4.60. The van der Waals surface area contributed by atoms with Crippen LogP contribution in [0.25, 0.3) is 0 Å². The van der Waals surface area contributed by atoms with E-state index in [4.69, 9.17) is 9.47 Å². The van der Waals surface area contributed by atoms with Crippen LogP contribution in [0.5, 0.6) is 5.75 Å². The third-order valence-corrected chi connectivity index (χ3v) is 4.60. The van der Waals surface area contributed by atoms with Gasteiger partial charge in [-0.1, -0.05) is 32.0 Å². The normalized spacial score (nSPS) is 25.9. The Morgan fingerprint density at radius 3 is 2.65 bits per heavy atom. The summed E-state index contributed by atoms with van der Waals surface area (Å²) >= 11 is 0. The highest BCUT2D eigenvalue weighted by Crippen LogP contribution is 2.44. The topological polar surface area (TPSA) is 30.5 Å². The fourth-order valence-electron chi connectivity index (χ4n) is 3.07. The van der Waals surface area contributed by atoms with E-state index in [1.165, 1.54) is 5.56 Å². The summed E-state index contributed by atoms with van der Waals surface area (Å²) in [5, 5.41) is 3.73. The minimum atomic E-state index is 0.187. The number of hydrogen-bond donors (Lipinski definition) is 1. The van der Waals surface area contributed by atoms with Crippen LogP contribution >= 0.6 is 0 Å². The maximum atomic E-state index is 5.79. The van der Waals surface area contributed by atoms with Crippen LogP contribution in [0.2, 0.25) is 0 Å². The summed E-state index contributed by atoms with van der Waals surface area (Å²) in [5.41, 5.74) is 1.40. The summed E-state index contributed by atoms with van der Waals surface area (Å²) in [6, 6.07) is 8.97. The highest BCUT2D eigenvalue weighted by Gasteiger charge is 2.49. The zero-order valence-corrected chi connectivity index (χ0v) is 13.3. The Balaban J connectivity index is 2.01. The zero-order chi connectivity index (χ0) is 14.8. The van der Waals surface area contributed by atoms with Gasteiger partial charge in [0.15, 0.2) is 0 Å². The van der Waals surface area contributed by atoms with E-state index in [9.17, 15) is 0 Å². The molecule has 0 spiro atoms. The molecule has 2 rings (SSSR count). The van der Waals surface area contributed by atoms with E-state index in [0.717, 1.165) is 18.8 Å². The molecule has 0 aliphatic heterocycles. The number of ether oxygens (including phenoxy) is 2. The Hall–Kier alpha value is -1.06. The molecule has 2 unspecified atom stereocenters. The van der Waals surface area contributed by atoms with Gasteiger partial charge in [-0.15, -0.1) is 0 Å². The average molecular weight is 277 g/mol. The van der Waals surface area contributed by atoms with Crippen LogP contribution in [0.1, 0.15) is 45.7 Å². The molecule has 1 saturated carbocycles. The molecule has 0 radical (unpaired) electrons. The summed E-state index contributed by atoms with van der Waals surface area (Å²) in [7, 11) is 1.73. The molecule has 3 heteroatoms. The van der Waals surface area contributed by atoms with Gasteiger partial charge in [0, 0.05) is 29.7 Å². The highest BCUT2D eigenvalue weighted by molar-refractivity contribution is 5.35. The van der Waals surface area contributed by atoms with Crippen LogP contribution in [0.4, 0.5) is 0 Å². The second-order valence-electron chi connectivity index (χ2n) is 6.18. The second-order valence-corrected chi connectivity index (χ2v) is 6.18. The van der Waals surface area contributed by atoms with Gasteiger partial charge in [0.25, 0.3) is 0 Å². The van der Waals surface area contributed by atoms with Crippen molar-refractivity contribution in [3.05, 3.63) is 29.8 Å². The van der Waals surface area contributed by atoms with E-state index in [1.54, 1.807) is 7.11 Å². The largest absolute Gasteiger partial charge is 0.496 e. The van der Waals surface area contributed by atoms with Crippen molar-refractivity contribution < 1.29 is 9.47 Å². The van der Waals surface area contributed by atoms with Gasteiger partial charge < -0.3 is 14.8 Å². The van der Waals surface area contributed by atoms with E-state index in [1.807, 2.05) is 12.1 Å². The second kappa shape index (κ2) is 6.15. The molecule has 3 atom stereocenters. The van der Waals surface area contributed by atoms with Crippen LogP contribution in [0.15, 0.2) is 24.3 Å². The minimum absolute atomic E-state index is 0.187. The Bertz CT molecular complexity index is 444. The Morgan fingerprint density at radius 1 is 1.35 bits per heavy atom. The van der Waals surface area contributed by atoms with Crippen molar-refractivity contribution in [1.82, 2.24) is 5.32 Å². The number of para-hydroxylation sites is 1. The number of methoxy groups -OCH3 is 1. The van der Waals surface area contributed by atoms with Gasteiger partial charge in [0.1, 0.15) is 5.75 Å². The van der Waals surface area contributed by atoms with Crippen molar-refractivity contribution in [1.29, 1.82) is 0 Å². The molecule has 1 aromatic rings. The van der Waals surface area contributed by atoms with Crippen molar-refractivity contribution in [2.75, 3.05) is 13.7 Å². The fraction of sp³-hybridized carbons (Fsp3) is 0.647. The number of benzene rings is 1. The van der Waals surface area contributed by atoms with Gasteiger partial charge in [0.05, 0.1) is 13.2 Å². The van der Waals surface area contributed by atoms with Crippen LogP contribution in [-0.2, 0) is 4.74 Å². The monoisotopic (exact) mass is 277 g/mol. The van der Waals surface area contributed by atoms with Gasteiger partial charge in [-0.3, -0.25) is 0 Å². The molecule has 1 aliphatic carbocycles. The summed E-state index contributed by atoms with van der Waals surface area (Å²) in [6.45, 7) is 9.62. The molecule has 1 fully saturated rings. The summed E-state index contributed by atoms with van der Waals surface area (Å²) in [5.74, 6) is 0.950. The summed E-state index contributed by atoms with van der Waals surface area (Å²) in [6.07, 6.45) is 1.45. The summed E-state index contributed by atoms with van der Waals surface area (Å²) in [4.78, 5) is 0. The minimum Gasteiger partial charge on any atom is -0.496 e. The van der Waals surface area contributed by atoms with E-state index in [2.05, 4.69) is 45.1 Å². The first-order valence-corrected chi connectivity index (χ1v) is 7.51. The first-order valence-electron chi connectivity index (χ1n) is 7.51. The highest BCUT2D eigenvalue weighted by atomic mass is 16.5. The quantitative estimate of drug-likeness (QED) is 0.862. The average Bonchev–Trinajstić information content (AvgIpc) is 2.46. The van der Waals surface area contributed by atoms with Crippen LogP contribution < -0.4 is 10.1 Å². The Labute approximate surface area is 122 Å². The first kappa shape index (κ1) is 15.3. The molecule has 112 valence electrons. The van der Waals surface area contributed by atoms with E-state index in [0.29, 0.717) is 12.1 Å². The molecule has 0 heterocycles. The predicted octanol–water partition coefficient (Wildman–Crippen LogP) is 3.55. The molecule has 0 saturated heterocycles. The van der Waals surface area contributed by atoms with E-state index < -0.39 is 0 Å². The molecule has 0 bridgehead atoms. The smallest absolute Gasteiger partial charge is 0.123 e. The van der Waals surface area contributed by atoms with E-state index >= 15 is 0 Å². The number of hydrogen-bond acceptors (Lipinski definition) is 3. The molecular formula is C17H27NO2. The van der Waals surface area contributed by atoms with Gasteiger partial charge in [-0.05, 0) is 26.3 Å². The molecule has 3 nitrogen and oxygen atoms in total. The van der Waals surface area contributed by atoms with Crippen LogP contribution in [0, 0.1) is 5.41 Å². The SMILES string of the molecule is CCOC1CC(N[C@H](C)c2ccccc2OC)C1(C)C. The Morgan fingerprint density at radius 2 is 2.05 bits per heavy atom. The van der Waals surface area contributed by atoms with Crippen LogP contribution in [-0.4, -0.2) is 25.9 Å². The van der Waals surface area contributed by atoms with Gasteiger partial charge in [0.2, 0.25) is 0 Å². The van der Waals surface area contributed by atoms with Gasteiger partial charge in [-0.2, -0.15) is 0 Å². The van der Waals surface area contributed by atoms with Crippen molar-refractivity contribution >= 4 is 0 Å². The molecule has 20 heavy (non-hydrogen) atoms. The predicted molar refractivity (Wildman–Crippen MR) is 82.1 cm³/mol. The zero-order valence-electron chi connectivity index (χ0n) is 13.3. The molecule has 1 aromatic carbocycles. The van der Waals surface area contributed by atoms with Crippen molar-refractivity contribution in [2.45, 2.75) is 52.3 Å². The molecule has 0 aromatic heterocycles. The lowest BCUT2D eigenvalue weighted by molar-refractivity contribution is -0.116. The third kappa shape index (κ3) is 2.84. The molecule has 1 aliphatic rings. The maximum absolute atomic E-state index is 5.79. The van der Waals surface area contributed by atoms with Crippen molar-refractivity contribution in [2.24, 2.45) is 5.41 Å². The first-order chi connectivity index (χ1) is 9.50.